The topological polar surface area (TPSA) is 29.5 Å². The standard InChI is InChI=1S/C15H21NO2/c1-11-9-16(10-15(3,4)18-11)14-7-5-13(6-8-14)12(2)17/h5-8,11H,9-10H2,1-4H3. The van der Waals surface area contributed by atoms with E-state index >= 15 is 0 Å². The summed E-state index contributed by atoms with van der Waals surface area (Å²) in [6.07, 6.45) is 0.223. The molecule has 1 heterocycles. The van der Waals surface area contributed by atoms with E-state index in [4.69, 9.17) is 4.74 Å². The first-order valence-corrected chi connectivity index (χ1v) is 6.41. The highest BCUT2D eigenvalue weighted by molar-refractivity contribution is 5.94. The van der Waals surface area contributed by atoms with E-state index in [-0.39, 0.29) is 17.5 Å². The molecule has 0 saturated carbocycles. The molecule has 0 amide bonds. The molecule has 1 aliphatic rings. The first kappa shape index (κ1) is 13.1. The minimum atomic E-state index is -0.128. The van der Waals surface area contributed by atoms with E-state index in [9.17, 15) is 4.79 Å². The number of morpholine rings is 1. The Hall–Kier alpha value is -1.35. The van der Waals surface area contributed by atoms with Crippen molar-refractivity contribution in [1.29, 1.82) is 0 Å². The van der Waals surface area contributed by atoms with Crippen molar-refractivity contribution in [2.45, 2.75) is 39.4 Å². The molecular weight excluding hydrogens is 226 g/mol. The Kier molecular flexibility index (Phi) is 3.44. The number of hydrogen-bond acceptors (Lipinski definition) is 3. The summed E-state index contributed by atoms with van der Waals surface area (Å²) in [5.74, 6) is 0.109. The monoisotopic (exact) mass is 247 g/mol. The van der Waals surface area contributed by atoms with Crippen LogP contribution in [0.4, 0.5) is 5.69 Å². The quantitative estimate of drug-likeness (QED) is 0.753. The number of ether oxygens (including phenoxy) is 1. The summed E-state index contributed by atoms with van der Waals surface area (Å²) >= 11 is 0. The number of anilines is 1. The molecule has 0 aromatic heterocycles. The Labute approximate surface area is 109 Å². The van der Waals surface area contributed by atoms with Crippen molar-refractivity contribution in [3.8, 4) is 0 Å². The van der Waals surface area contributed by atoms with Gasteiger partial charge in [-0.25, -0.2) is 0 Å². The molecule has 0 bridgehead atoms. The van der Waals surface area contributed by atoms with Gasteiger partial charge in [-0.1, -0.05) is 0 Å². The lowest BCUT2D eigenvalue weighted by Gasteiger charge is -2.43. The normalized spacial score (nSPS) is 22.9. The van der Waals surface area contributed by atoms with Gasteiger partial charge in [-0.3, -0.25) is 4.79 Å². The SMILES string of the molecule is CC(=O)c1ccc(N2CC(C)OC(C)(C)C2)cc1. The predicted molar refractivity (Wildman–Crippen MR) is 73.3 cm³/mol. The molecule has 3 heteroatoms. The summed E-state index contributed by atoms with van der Waals surface area (Å²) in [7, 11) is 0. The van der Waals surface area contributed by atoms with Gasteiger partial charge in [-0.2, -0.15) is 0 Å². The van der Waals surface area contributed by atoms with Crippen LogP contribution in [-0.4, -0.2) is 30.6 Å². The van der Waals surface area contributed by atoms with Gasteiger partial charge < -0.3 is 9.64 Å². The second-order valence-electron chi connectivity index (χ2n) is 5.67. The molecule has 18 heavy (non-hydrogen) atoms. The summed E-state index contributed by atoms with van der Waals surface area (Å²) in [4.78, 5) is 13.6. The Balaban J connectivity index is 2.18. The van der Waals surface area contributed by atoms with Crippen LogP contribution in [0.15, 0.2) is 24.3 Å². The highest BCUT2D eigenvalue weighted by atomic mass is 16.5. The number of hydrogen-bond donors (Lipinski definition) is 0. The summed E-state index contributed by atoms with van der Waals surface area (Å²) in [6.45, 7) is 9.67. The third-order valence-electron chi connectivity index (χ3n) is 3.21. The van der Waals surface area contributed by atoms with Crippen LogP contribution in [0.3, 0.4) is 0 Å². The second-order valence-corrected chi connectivity index (χ2v) is 5.67. The molecule has 1 saturated heterocycles. The van der Waals surface area contributed by atoms with Crippen LogP contribution in [0.5, 0.6) is 0 Å². The molecule has 1 atom stereocenters. The van der Waals surface area contributed by atoms with E-state index in [0.29, 0.717) is 0 Å². The number of nitrogens with zero attached hydrogens (tertiary/aromatic N) is 1. The molecule has 98 valence electrons. The number of carbonyl (C=O) groups excluding carboxylic acids is 1. The van der Waals surface area contributed by atoms with E-state index in [1.807, 2.05) is 24.3 Å². The van der Waals surface area contributed by atoms with Crippen LogP contribution in [0, 0.1) is 0 Å². The van der Waals surface area contributed by atoms with Crippen LogP contribution in [0.2, 0.25) is 0 Å². The number of ketones is 1. The van der Waals surface area contributed by atoms with Crippen molar-refractivity contribution in [3.63, 3.8) is 0 Å². The minimum Gasteiger partial charge on any atom is -0.369 e. The van der Waals surface area contributed by atoms with Gasteiger partial charge in [0.2, 0.25) is 0 Å². The fraction of sp³-hybridized carbons (Fsp3) is 0.533. The maximum absolute atomic E-state index is 11.3. The fourth-order valence-corrected chi connectivity index (χ4v) is 2.56. The van der Waals surface area contributed by atoms with Gasteiger partial charge in [-0.15, -0.1) is 0 Å². The van der Waals surface area contributed by atoms with Crippen LogP contribution in [0.25, 0.3) is 0 Å². The van der Waals surface area contributed by atoms with E-state index in [1.54, 1.807) is 6.92 Å². The van der Waals surface area contributed by atoms with Gasteiger partial charge in [0.05, 0.1) is 11.7 Å². The molecule has 3 nitrogen and oxygen atoms in total. The molecule has 0 N–H and O–H groups in total. The fourth-order valence-electron chi connectivity index (χ4n) is 2.56. The first-order valence-electron chi connectivity index (χ1n) is 6.41. The van der Waals surface area contributed by atoms with Gasteiger partial charge in [-0.05, 0) is 52.0 Å². The van der Waals surface area contributed by atoms with E-state index in [2.05, 4.69) is 25.7 Å². The van der Waals surface area contributed by atoms with Crippen LogP contribution in [-0.2, 0) is 4.74 Å². The average Bonchev–Trinajstić information content (AvgIpc) is 2.26. The molecule has 1 aromatic carbocycles. The number of carbonyl (C=O) groups is 1. The smallest absolute Gasteiger partial charge is 0.159 e. The van der Waals surface area contributed by atoms with Crippen molar-refractivity contribution in [2.75, 3.05) is 18.0 Å². The van der Waals surface area contributed by atoms with Crippen LogP contribution in [0.1, 0.15) is 38.1 Å². The molecule has 0 radical (unpaired) electrons. The third kappa shape index (κ3) is 2.91. The van der Waals surface area contributed by atoms with Crippen molar-refractivity contribution >= 4 is 11.5 Å². The van der Waals surface area contributed by atoms with Gasteiger partial charge in [0.15, 0.2) is 5.78 Å². The molecule has 2 rings (SSSR count). The predicted octanol–water partition coefficient (Wildman–Crippen LogP) is 2.89. The third-order valence-corrected chi connectivity index (χ3v) is 3.21. The summed E-state index contributed by atoms with van der Waals surface area (Å²) in [6, 6.07) is 7.82. The number of rotatable bonds is 2. The lowest BCUT2D eigenvalue weighted by molar-refractivity contribution is -0.0749. The van der Waals surface area contributed by atoms with E-state index < -0.39 is 0 Å². The van der Waals surface area contributed by atoms with Gasteiger partial charge in [0.25, 0.3) is 0 Å². The lowest BCUT2D eigenvalue weighted by Crippen LogP contribution is -2.52. The van der Waals surface area contributed by atoms with E-state index in [1.165, 1.54) is 0 Å². The largest absolute Gasteiger partial charge is 0.369 e. The van der Waals surface area contributed by atoms with Crippen molar-refractivity contribution in [2.24, 2.45) is 0 Å². The highest BCUT2D eigenvalue weighted by Gasteiger charge is 2.31. The zero-order chi connectivity index (χ0) is 13.3. The summed E-state index contributed by atoms with van der Waals surface area (Å²) in [5.41, 5.74) is 1.79. The Bertz CT molecular complexity index is 436. The van der Waals surface area contributed by atoms with Crippen molar-refractivity contribution in [3.05, 3.63) is 29.8 Å². The summed E-state index contributed by atoms with van der Waals surface area (Å²) in [5, 5.41) is 0. The maximum Gasteiger partial charge on any atom is 0.159 e. The summed E-state index contributed by atoms with van der Waals surface area (Å²) < 4.78 is 5.89. The molecule has 1 unspecified atom stereocenters. The molecule has 1 aliphatic heterocycles. The number of Topliss-reactive ketones (excluding diaryl/α,β-unsaturated/α-hetero) is 1. The van der Waals surface area contributed by atoms with Gasteiger partial charge >= 0.3 is 0 Å². The Morgan fingerprint density at radius 1 is 1.33 bits per heavy atom. The maximum atomic E-state index is 11.3. The lowest BCUT2D eigenvalue weighted by atomic mass is 10.0. The van der Waals surface area contributed by atoms with E-state index in [0.717, 1.165) is 24.3 Å². The van der Waals surface area contributed by atoms with Crippen LogP contribution < -0.4 is 4.90 Å². The van der Waals surface area contributed by atoms with Crippen LogP contribution >= 0.6 is 0 Å². The van der Waals surface area contributed by atoms with Gasteiger partial charge in [0.1, 0.15) is 0 Å². The minimum absolute atomic E-state index is 0.109. The van der Waals surface area contributed by atoms with Gasteiger partial charge in [0, 0.05) is 24.3 Å². The Morgan fingerprint density at radius 3 is 2.44 bits per heavy atom. The van der Waals surface area contributed by atoms with Crippen molar-refractivity contribution < 1.29 is 9.53 Å². The first-order chi connectivity index (χ1) is 8.37. The zero-order valence-electron chi connectivity index (χ0n) is 11.6. The molecule has 0 spiro atoms. The second kappa shape index (κ2) is 4.73. The average molecular weight is 247 g/mol. The number of benzene rings is 1. The van der Waals surface area contributed by atoms with Crippen molar-refractivity contribution in [1.82, 2.24) is 0 Å². The molecule has 1 aromatic rings. The highest BCUT2D eigenvalue weighted by Crippen LogP contribution is 2.26. The Morgan fingerprint density at radius 2 is 1.94 bits per heavy atom. The molecule has 1 fully saturated rings. The molecule has 0 aliphatic carbocycles. The molecular formula is C15H21NO2. The zero-order valence-corrected chi connectivity index (χ0v) is 11.6.